The van der Waals surface area contributed by atoms with Gasteiger partial charge in [-0.15, -0.1) is 0 Å². The van der Waals surface area contributed by atoms with Crippen LogP contribution in [-0.2, 0) is 13.0 Å². The summed E-state index contributed by atoms with van der Waals surface area (Å²) < 4.78 is 10.7. The molecule has 2 aromatic carbocycles. The molecule has 8 nitrogen and oxygen atoms in total. The first-order chi connectivity index (χ1) is 16.0. The minimum Gasteiger partial charge on any atom is -0.467 e. The van der Waals surface area contributed by atoms with E-state index in [0.29, 0.717) is 47.9 Å². The van der Waals surface area contributed by atoms with Crippen LogP contribution in [0.3, 0.4) is 0 Å². The van der Waals surface area contributed by atoms with Crippen LogP contribution in [0.5, 0.6) is 0 Å². The predicted molar refractivity (Wildman–Crippen MR) is 121 cm³/mol. The highest BCUT2D eigenvalue weighted by atomic mass is 16.5. The first-order valence-electron chi connectivity index (χ1n) is 10.5. The Morgan fingerprint density at radius 3 is 2.24 bits per heavy atom. The maximum absolute atomic E-state index is 12.6. The van der Waals surface area contributed by atoms with E-state index in [1.807, 2.05) is 24.3 Å². The number of likely N-dealkylation sites (N-methyl/N-ethyl adjacent to an activating group) is 1. The normalized spacial score (nSPS) is 10.7. The Morgan fingerprint density at radius 1 is 0.848 bits per heavy atom. The molecule has 0 aliphatic rings. The lowest BCUT2D eigenvalue weighted by Crippen LogP contribution is -2.29. The molecule has 2 amide bonds. The third kappa shape index (κ3) is 5.35. The fraction of sp³-hybridized carbons (Fsp3) is 0.200. The molecule has 0 atom stereocenters. The second-order valence-corrected chi connectivity index (χ2v) is 7.68. The Bertz CT molecular complexity index is 1200. The molecule has 0 spiro atoms. The summed E-state index contributed by atoms with van der Waals surface area (Å²) >= 11 is 0. The summed E-state index contributed by atoms with van der Waals surface area (Å²) in [6.07, 6.45) is 2.05. The van der Waals surface area contributed by atoms with E-state index in [2.05, 4.69) is 10.1 Å². The van der Waals surface area contributed by atoms with E-state index in [4.69, 9.17) is 8.94 Å². The number of hydrogen-bond acceptors (Lipinski definition) is 6. The smallest absolute Gasteiger partial charge is 0.257 e. The molecule has 4 rings (SSSR count). The van der Waals surface area contributed by atoms with Crippen molar-refractivity contribution in [3.63, 3.8) is 0 Å². The number of carbonyl (C=O) groups is 2. The first-order valence-corrected chi connectivity index (χ1v) is 10.5. The molecule has 4 aromatic rings. The lowest BCUT2D eigenvalue weighted by atomic mass is 10.1. The van der Waals surface area contributed by atoms with Gasteiger partial charge in [0.1, 0.15) is 5.76 Å². The van der Waals surface area contributed by atoms with Gasteiger partial charge in [-0.2, -0.15) is 4.98 Å². The van der Waals surface area contributed by atoms with Crippen molar-refractivity contribution in [2.24, 2.45) is 0 Å². The summed E-state index contributed by atoms with van der Waals surface area (Å²) in [5.74, 6) is 1.42. The summed E-state index contributed by atoms with van der Waals surface area (Å²) in [5.41, 5.74) is 1.90. The number of nitrogens with zero attached hydrogens (tertiary/aromatic N) is 4. The second kappa shape index (κ2) is 9.95. The molecule has 8 heteroatoms. The van der Waals surface area contributed by atoms with Gasteiger partial charge in [0.15, 0.2) is 5.82 Å². The van der Waals surface area contributed by atoms with Crippen molar-refractivity contribution in [1.29, 1.82) is 0 Å². The zero-order valence-electron chi connectivity index (χ0n) is 18.5. The number of benzene rings is 2. The van der Waals surface area contributed by atoms with Crippen LogP contribution in [0.15, 0.2) is 81.9 Å². The van der Waals surface area contributed by atoms with Gasteiger partial charge < -0.3 is 18.7 Å². The van der Waals surface area contributed by atoms with E-state index >= 15 is 0 Å². The van der Waals surface area contributed by atoms with Crippen LogP contribution >= 0.6 is 0 Å². The fourth-order valence-electron chi connectivity index (χ4n) is 3.33. The lowest BCUT2D eigenvalue weighted by Gasteiger charge is -2.16. The summed E-state index contributed by atoms with van der Waals surface area (Å²) in [6, 6.07) is 19.7. The van der Waals surface area contributed by atoms with Crippen LogP contribution in [0.1, 0.15) is 32.3 Å². The Balaban J connectivity index is 1.34. The molecular formula is C25H24N4O4. The van der Waals surface area contributed by atoms with Crippen LogP contribution in [0.4, 0.5) is 0 Å². The van der Waals surface area contributed by atoms with Gasteiger partial charge in [-0.1, -0.05) is 23.4 Å². The van der Waals surface area contributed by atoms with Gasteiger partial charge >= 0.3 is 0 Å². The standard InChI is InChI=1S/C25H24N4O4/c1-28(24(30)19-7-4-3-5-8-19)15-14-22-26-23(33-27-22)18-10-12-20(13-11-18)25(31)29(2)17-21-9-6-16-32-21/h3-13,16H,14-15,17H2,1-2H3. The fourth-order valence-corrected chi connectivity index (χ4v) is 3.33. The molecular weight excluding hydrogens is 420 g/mol. The maximum atomic E-state index is 12.6. The molecule has 0 aliphatic carbocycles. The molecule has 0 fully saturated rings. The topological polar surface area (TPSA) is 92.7 Å². The highest BCUT2D eigenvalue weighted by Gasteiger charge is 2.16. The van der Waals surface area contributed by atoms with Crippen molar-refractivity contribution >= 4 is 11.8 Å². The SMILES string of the molecule is CN(CCc1noc(-c2ccc(C(=O)N(C)Cc3ccco3)cc2)n1)C(=O)c1ccccc1. The summed E-state index contributed by atoms with van der Waals surface area (Å²) in [6.45, 7) is 0.851. The van der Waals surface area contributed by atoms with Crippen LogP contribution < -0.4 is 0 Å². The summed E-state index contributed by atoms with van der Waals surface area (Å²) in [5, 5.41) is 4.01. The molecule has 168 valence electrons. The molecule has 0 saturated heterocycles. The van der Waals surface area contributed by atoms with Gasteiger partial charge in [0.2, 0.25) is 0 Å². The molecule has 33 heavy (non-hydrogen) atoms. The first kappa shape index (κ1) is 22.0. The average molecular weight is 444 g/mol. The van der Waals surface area contributed by atoms with Crippen LogP contribution in [0.2, 0.25) is 0 Å². The van der Waals surface area contributed by atoms with Gasteiger partial charge in [-0.3, -0.25) is 9.59 Å². The third-order valence-corrected chi connectivity index (χ3v) is 5.20. The van der Waals surface area contributed by atoms with E-state index in [1.165, 1.54) is 0 Å². The van der Waals surface area contributed by atoms with Gasteiger partial charge in [-0.25, -0.2) is 0 Å². The number of furan rings is 1. The van der Waals surface area contributed by atoms with Gasteiger partial charge in [0.05, 0.1) is 12.8 Å². The van der Waals surface area contributed by atoms with Crippen LogP contribution in [0, 0.1) is 0 Å². The van der Waals surface area contributed by atoms with Gasteiger partial charge in [0.25, 0.3) is 17.7 Å². The quantitative estimate of drug-likeness (QED) is 0.409. The van der Waals surface area contributed by atoms with Crippen LogP contribution in [0.25, 0.3) is 11.5 Å². The van der Waals surface area contributed by atoms with E-state index < -0.39 is 0 Å². The number of rotatable bonds is 8. The molecule has 0 aliphatic heterocycles. The highest BCUT2D eigenvalue weighted by Crippen LogP contribution is 2.19. The van der Waals surface area contributed by atoms with Crippen molar-refractivity contribution in [2.45, 2.75) is 13.0 Å². The zero-order valence-corrected chi connectivity index (χ0v) is 18.5. The number of hydrogen-bond donors (Lipinski definition) is 0. The van der Waals surface area contributed by atoms with Crippen molar-refractivity contribution in [1.82, 2.24) is 19.9 Å². The van der Waals surface area contributed by atoms with Crippen molar-refractivity contribution in [3.8, 4) is 11.5 Å². The van der Waals surface area contributed by atoms with E-state index in [-0.39, 0.29) is 11.8 Å². The highest BCUT2D eigenvalue weighted by molar-refractivity contribution is 5.94. The molecule has 0 unspecified atom stereocenters. The van der Waals surface area contributed by atoms with Crippen molar-refractivity contribution < 1.29 is 18.5 Å². The second-order valence-electron chi connectivity index (χ2n) is 7.68. The Morgan fingerprint density at radius 2 is 1.55 bits per heavy atom. The monoisotopic (exact) mass is 444 g/mol. The molecule has 0 N–H and O–H groups in total. The number of amides is 2. The third-order valence-electron chi connectivity index (χ3n) is 5.20. The van der Waals surface area contributed by atoms with E-state index in [9.17, 15) is 9.59 Å². The van der Waals surface area contributed by atoms with Gasteiger partial charge in [0, 0.05) is 43.8 Å². The maximum Gasteiger partial charge on any atom is 0.257 e. The minimum atomic E-state index is -0.115. The van der Waals surface area contributed by atoms with Crippen molar-refractivity contribution in [2.75, 3.05) is 20.6 Å². The molecule has 0 bridgehead atoms. The van der Waals surface area contributed by atoms with Gasteiger partial charge in [-0.05, 0) is 48.5 Å². The predicted octanol–water partition coefficient (Wildman–Crippen LogP) is 3.92. The summed E-state index contributed by atoms with van der Waals surface area (Å²) in [7, 11) is 3.47. The van der Waals surface area contributed by atoms with E-state index in [1.54, 1.807) is 72.6 Å². The Labute approximate surface area is 191 Å². The summed E-state index contributed by atoms with van der Waals surface area (Å²) in [4.78, 5) is 32.7. The number of aromatic nitrogens is 2. The average Bonchev–Trinajstić information content (AvgIpc) is 3.54. The zero-order chi connectivity index (χ0) is 23.2. The largest absolute Gasteiger partial charge is 0.467 e. The molecule has 2 heterocycles. The molecule has 2 aromatic heterocycles. The molecule has 0 radical (unpaired) electrons. The van der Waals surface area contributed by atoms with E-state index in [0.717, 1.165) is 5.76 Å². The molecule has 0 saturated carbocycles. The number of carbonyl (C=O) groups excluding carboxylic acids is 2. The minimum absolute atomic E-state index is 0.0587. The Kier molecular flexibility index (Phi) is 6.64. The lowest BCUT2D eigenvalue weighted by molar-refractivity contribution is 0.0773. The Hall–Kier alpha value is -4.20. The van der Waals surface area contributed by atoms with Crippen molar-refractivity contribution in [3.05, 3.63) is 95.7 Å². The van der Waals surface area contributed by atoms with Crippen LogP contribution in [-0.4, -0.2) is 52.4 Å².